The van der Waals surface area contributed by atoms with Crippen molar-refractivity contribution in [2.45, 2.75) is 13.5 Å². The number of ether oxygens (including phenoxy) is 1. The normalized spacial score (nSPS) is 11.3. The Morgan fingerprint density at radius 3 is 2.24 bits per heavy atom. The fourth-order valence-corrected chi connectivity index (χ4v) is 4.56. The van der Waals surface area contributed by atoms with Crippen LogP contribution in [0.15, 0.2) is 109 Å². The van der Waals surface area contributed by atoms with Gasteiger partial charge in [-0.3, -0.25) is 0 Å². The van der Waals surface area contributed by atoms with Crippen LogP contribution in [-0.2, 0) is 6.54 Å². The van der Waals surface area contributed by atoms with Crippen molar-refractivity contribution < 1.29 is 4.74 Å². The van der Waals surface area contributed by atoms with Gasteiger partial charge in [0.05, 0.1) is 17.6 Å². The van der Waals surface area contributed by atoms with Crippen LogP contribution in [0.5, 0.6) is 11.5 Å². The van der Waals surface area contributed by atoms with Gasteiger partial charge in [-0.2, -0.15) is 5.10 Å². The lowest BCUT2D eigenvalue weighted by atomic mass is 10.1. The van der Waals surface area contributed by atoms with Crippen LogP contribution in [-0.4, -0.2) is 14.3 Å². The average molecular weight is 430 g/mol. The van der Waals surface area contributed by atoms with Crippen molar-refractivity contribution in [3.8, 4) is 28.4 Å². The largest absolute Gasteiger partial charge is 0.457 e. The number of nitrogens with zero attached hydrogens (tertiary/aromatic N) is 3. The number of rotatable bonds is 5. The number of hydrogen-bond acceptors (Lipinski definition) is 2. The molecule has 2 aromatic heterocycles. The van der Waals surface area contributed by atoms with Crippen LogP contribution in [0.3, 0.4) is 0 Å². The van der Waals surface area contributed by atoms with Gasteiger partial charge in [0.25, 0.3) is 0 Å². The van der Waals surface area contributed by atoms with Gasteiger partial charge in [-0.15, -0.1) is 0 Å². The van der Waals surface area contributed by atoms with E-state index < -0.39 is 0 Å². The summed E-state index contributed by atoms with van der Waals surface area (Å²) in [6.45, 7) is 3.13. The van der Waals surface area contributed by atoms with Crippen molar-refractivity contribution in [1.82, 2.24) is 14.3 Å². The van der Waals surface area contributed by atoms with Gasteiger partial charge in [0.2, 0.25) is 0 Å². The summed E-state index contributed by atoms with van der Waals surface area (Å²) in [7, 11) is 0. The Balaban J connectivity index is 1.38. The molecule has 0 aliphatic heterocycles. The van der Waals surface area contributed by atoms with Crippen molar-refractivity contribution >= 4 is 21.8 Å². The van der Waals surface area contributed by atoms with E-state index in [0.29, 0.717) is 0 Å². The van der Waals surface area contributed by atoms with Gasteiger partial charge in [0.15, 0.2) is 0 Å². The van der Waals surface area contributed by atoms with E-state index in [2.05, 4.69) is 71.2 Å². The van der Waals surface area contributed by atoms with E-state index in [1.807, 2.05) is 59.4 Å². The molecule has 0 aliphatic rings. The minimum Gasteiger partial charge on any atom is -0.457 e. The molecule has 0 fully saturated rings. The molecule has 0 aliphatic carbocycles. The van der Waals surface area contributed by atoms with Gasteiger partial charge >= 0.3 is 0 Å². The zero-order chi connectivity index (χ0) is 22.2. The summed E-state index contributed by atoms with van der Waals surface area (Å²) in [5, 5.41) is 7.16. The highest BCUT2D eigenvalue weighted by Gasteiger charge is 2.13. The third kappa shape index (κ3) is 3.37. The summed E-state index contributed by atoms with van der Waals surface area (Å²) in [5.41, 5.74) is 5.69. The summed E-state index contributed by atoms with van der Waals surface area (Å²) in [6.07, 6.45) is 1.85. The SMILES string of the molecule is CCn1c2ccccc2c2cc(-n3nccc3-c3ccc(Oc4ccccc4)cc3)ccc21. The summed E-state index contributed by atoms with van der Waals surface area (Å²) in [5.74, 6) is 1.64. The zero-order valence-corrected chi connectivity index (χ0v) is 18.3. The second-order valence-electron chi connectivity index (χ2n) is 8.03. The Kier molecular flexibility index (Phi) is 4.69. The minimum atomic E-state index is 0.810. The Labute approximate surface area is 192 Å². The first-order chi connectivity index (χ1) is 16.3. The third-order valence-electron chi connectivity index (χ3n) is 6.09. The Hall–Kier alpha value is -4.31. The van der Waals surface area contributed by atoms with Gasteiger partial charge in [0.1, 0.15) is 11.5 Å². The van der Waals surface area contributed by atoms with Crippen LogP contribution in [0.25, 0.3) is 38.8 Å². The van der Waals surface area contributed by atoms with Crippen LogP contribution >= 0.6 is 0 Å². The second-order valence-corrected chi connectivity index (χ2v) is 8.03. The quantitative estimate of drug-likeness (QED) is 0.285. The first-order valence-corrected chi connectivity index (χ1v) is 11.2. The monoisotopic (exact) mass is 429 g/mol. The van der Waals surface area contributed by atoms with Crippen LogP contribution in [0, 0.1) is 0 Å². The fraction of sp³-hybridized carbons (Fsp3) is 0.0690. The fourth-order valence-electron chi connectivity index (χ4n) is 4.56. The molecule has 0 atom stereocenters. The second kappa shape index (κ2) is 7.99. The molecule has 0 unspecified atom stereocenters. The smallest absolute Gasteiger partial charge is 0.127 e. The van der Waals surface area contributed by atoms with E-state index in [0.717, 1.165) is 35.0 Å². The third-order valence-corrected chi connectivity index (χ3v) is 6.09. The predicted octanol–water partition coefficient (Wildman–Crippen LogP) is 7.46. The number of aryl methyl sites for hydroxylation is 1. The molecule has 0 bridgehead atoms. The van der Waals surface area contributed by atoms with Crippen LogP contribution in [0.1, 0.15) is 6.92 Å². The number of hydrogen-bond donors (Lipinski definition) is 0. The maximum atomic E-state index is 5.94. The first-order valence-electron chi connectivity index (χ1n) is 11.2. The zero-order valence-electron chi connectivity index (χ0n) is 18.3. The number of para-hydroxylation sites is 2. The lowest BCUT2D eigenvalue weighted by Crippen LogP contribution is -1.99. The molecule has 33 heavy (non-hydrogen) atoms. The molecular weight excluding hydrogens is 406 g/mol. The van der Waals surface area contributed by atoms with Crippen LogP contribution < -0.4 is 4.74 Å². The lowest BCUT2D eigenvalue weighted by Gasteiger charge is -2.10. The van der Waals surface area contributed by atoms with E-state index in [-0.39, 0.29) is 0 Å². The van der Waals surface area contributed by atoms with Gasteiger partial charge in [-0.25, -0.2) is 4.68 Å². The summed E-state index contributed by atoms with van der Waals surface area (Å²) in [6, 6.07) is 35.2. The van der Waals surface area contributed by atoms with Crippen LogP contribution in [0.4, 0.5) is 0 Å². The summed E-state index contributed by atoms with van der Waals surface area (Å²) >= 11 is 0. The summed E-state index contributed by atoms with van der Waals surface area (Å²) in [4.78, 5) is 0. The van der Waals surface area contributed by atoms with E-state index in [4.69, 9.17) is 4.74 Å². The van der Waals surface area contributed by atoms with Crippen molar-refractivity contribution in [3.63, 3.8) is 0 Å². The molecule has 6 aromatic rings. The van der Waals surface area contributed by atoms with Crippen LogP contribution in [0.2, 0.25) is 0 Å². The molecule has 0 amide bonds. The topological polar surface area (TPSA) is 32.0 Å². The molecule has 160 valence electrons. The molecule has 0 N–H and O–H groups in total. The molecule has 4 heteroatoms. The highest BCUT2D eigenvalue weighted by molar-refractivity contribution is 6.08. The maximum absolute atomic E-state index is 5.94. The van der Waals surface area contributed by atoms with Gasteiger partial charge in [0, 0.05) is 33.9 Å². The van der Waals surface area contributed by atoms with Gasteiger partial charge < -0.3 is 9.30 Å². The number of benzene rings is 4. The Morgan fingerprint density at radius 1 is 0.697 bits per heavy atom. The maximum Gasteiger partial charge on any atom is 0.127 e. The van der Waals surface area contributed by atoms with E-state index in [1.165, 1.54) is 21.8 Å². The molecule has 4 nitrogen and oxygen atoms in total. The van der Waals surface area contributed by atoms with E-state index in [9.17, 15) is 0 Å². The predicted molar refractivity (Wildman–Crippen MR) is 134 cm³/mol. The number of fused-ring (bicyclic) bond motifs is 3. The van der Waals surface area contributed by atoms with Crippen molar-refractivity contribution in [1.29, 1.82) is 0 Å². The first kappa shape index (κ1) is 19.4. The molecule has 0 radical (unpaired) electrons. The molecule has 0 saturated heterocycles. The standard InChI is InChI=1S/C29H23N3O/c1-2-31-28-11-7-6-10-25(28)26-20-22(14-17-29(26)31)32-27(18-19-30-32)21-12-15-24(16-13-21)33-23-8-4-3-5-9-23/h3-20H,2H2,1H3. The van der Waals surface area contributed by atoms with Gasteiger partial charge in [-0.1, -0.05) is 36.4 Å². The van der Waals surface area contributed by atoms with E-state index >= 15 is 0 Å². The van der Waals surface area contributed by atoms with Crippen molar-refractivity contribution in [3.05, 3.63) is 109 Å². The molecular formula is C29H23N3O. The molecule has 4 aromatic carbocycles. The van der Waals surface area contributed by atoms with E-state index in [1.54, 1.807) is 0 Å². The highest BCUT2D eigenvalue weighted by atomic mass is 16.5. The van der Waals surface area contributed by atoms with Crippen molar-refractivity contribution in [2.75, 3.05) is 0 Å². The lowest BCUT2D eigenvalue weighted by molar-refractivity contribution is 0.483. The molecule has 0 spiro atoms. The molecule has 2 heterocycles. The molecule has 0 saturated carbocycles. The van der Waals surface area contributed by atoms with Crippen molar-refractivity contribution in [2.24, 2.45) is 0 Å². The minimum absolute atomic E-state index is 0.810. The average Bonchev–Trinajstić information content (AvgIpc) is 3.48. The van der Waals surface area contributed by atoms with Gasteiger partial charge in [-0.05, 0) is 73.7 Å². The summed E-state index contributed by atoms with van der Waals surface area (Å²) < 4.78 is 10.3. The Morgan fingerprint density at radius 2 is 1.42 bits per heavy atom. The number of aromatic nitrogens is 3. The highest BCUT2D eigenvalue weighted by Crippen LogP contribution is 2.32. The Bertz CT molecular complexity index is 1560. The molecule has 6 rings (SSSR count).